The zero-order valence-corrected chi connectivity index (χ0v) is 15.8. The lowest BCUT2D eigenvalue weighted by Crippen LogP contribution is -2.30. The van der Waals surface area contributed by atoms with Crippen LogP contribution in [0.4, 0.5) is 18.9 Å². The molecule has 0 radical (unpaired) electrons. The van der Waals surface area contributed by atoms with E-state index in [0.717, 1.165) is 5.56 Å². The lowest BCUT2D eigenvalue weighted by atomic mass is 10.1. The van der Waals surface area contributed by atoms with Crippen LogP contribution in [0.2, 0.25) is 0 Å². The zero-order valence-electron chi connectivity index (χ0n) is 15.0. The Morgan fingerprint density at radius 1 is 1.07 bits per heavy atom. The van der Waals surface area contributed by atoms with Crippen molar-refractivity contribution in [3.63, 3.8) is 0 Å². The number of methoxy groups -OCH3 is 2. The molecule has 0 saturated heterocycles. The number of nitrogens with zero attached hydrogens (tertiary/aromatic N) is 1. The summed E-state index contributed by atoms with van der Waals surface area (Å²) in [7, 11) is 4.90. The Hall–Kier alpha value is -2.68. The highest BCUT2D eigenvalue weighted by Gasteiger charge is 2.30. The highest BCUT2D eigenvalue weighted by atomic mass is 32.1. The Morgan fingerprint density at radius 3 is 2.30 bits per heavy atom. The third kappa shape index (κ3) is 5.92. The van der Waals surface area contributed by atoms with Crippen molar-refractivity contribution in [3.8, 4) is 17.2 Å². The number of thiocarbonyl (C=S) groups is 1. The van der Waals surface area contributed by atoms with Crippen molar-refractivity contribution < 1.29 is 27.4 Å². The van der Waals surface area contributed by atoms with Crippen molar-refractivity contribution in [3.05, 3.63) is 48.0 Å². The Balaban J connectivity index is 2.02. The van der Waals surface area contributed by atoms with Gasteiger partial charge in [-0.15, -0.1) is 13.2 Å². The minimum Gasteiger partial charge on any atom is -0.493 e. The lowest BCUT2D eigenvalue weighted by molar-refractivity contribution is -0.274. The molecule has 0 heterocycles. The van der Waals surface area contributed by atoms with Crippen LogP contribution in [-0.2, 0) is 6.54 Å². The molecule has 0 spiro atoms. The maximum absolute atomic E-state index is 12.2. The van der Waals surface area contributed by atoms with Gasteiger partial charge < -0.3 is 24.4 Å². The average Bonchev–Trinajstić information content (AvgIpc) is 2.61. The van der Waals surface area contributed by atoms with E-state index in [2.05, 4.69) is 10.1 Å². The summed E-state index contributed by atoms with van der Waals surface area (Å²) < 4.78 is 51.1. The molecule has 5 nitrogen and oxygen atoms in total. The van der Waals surface area contributed by atoms with Crippen LogP contribution in [0.5, 0.6) is 17.2 Å². The Kier molecular flexibility index (Phi) is 6.73. The summed E-state index contributed by atoms with van der Waals surface area (Å²) in [5.41, 5.74) is 1.41. The molecule has 0 fully saturated rings. The normalized spacial score (nSPS) is 10.9. The van der Waals surface area contributed by atoms with Crippen LogP contribution in [0.15, 0.2) is 42.5 Å². The summed E-state index contributed by atoms with van der Waals surface area (Å²) in [6, 6.07) is 10.9. The number of para-hydroxylation sites is 1. The maximum Gasteiger partial charge on any atom is 0.573 e. The number of anilines is 1. The highest BCUT2D eigenvalue weighted by molar-refractivity contribution is 7.80. The fraction of sp³-hybridized carbons (Fsp3) is 0.278. The molecule has 2 rings (SSSR count). The molecule has 0 unspecified atom stereocenters. The second-order valence-corrected chi connectivity index (χ2v) is 5.90. The molecule has 0 aliphatic carbocycles. The van der Waals surface area contributed by atoms with E-state index in [1.54, 1.807) is 32.2 Å². The van der Waals surface area contributed by atoms with E-state index in [0.29, 0.717) is 28.8 Å². The first kappa shape index (κ1) is 20.6. The number of rotatable bonds is 6. The van der Waals surface area contributed by atoms with Crippen LogP contribution in [0.1, 0.15) is 5.56 Å². The molecular formula is C18H19F3N2O3S. The third-order valence-corrected chi connectivity index (χ3v) is 3.99. The molecule has 2 aromatic carbocycles. The topological polar surface area (TPSA) is 43.0 Å². The van der Waals surface area contributed by atoms with Gasteiger partial charge in [0.2, 0.25) is 0 Å². The SMILES string of the molecule is COc1cccc(CN(C)C(=S)Nc2ccc(OC(F)(F)F)cc2)c1OC. The minimum absolute atomic E-state index is 0.298. The molecule has 146 valence electrons. The summed E-state index contributed by atoms with van der Waals surface area (Å²) in [5.74, 6) is 0.930. The number of alkyl halides is 3. The van der Waals surface area contributed by atoms with E-state index in [-0.39, 0.29) is 5.75 Å². The first-order valence-corrected chi connectivity index (χ1v) is 8.22. The molecular weight excluding hydrogens is 381 g/mol. The first-order chi connectivity index (χ1) is 12.7. The molecule has 1 N–H and O–H groups in total. The van der Waals surface area contributed by atoms with Gasteiger partial charge in [-0.25, -0.2) is 0 Å². The number of benzene rings is 2. The summed E-state index contributed by atoms with van der Waals surface area (Å²) in [6.45, 7) is 0.446. The van der Waals surface area contributed by atoms with Crippen LogP contribution in [0, 0.1) is 0 Å². The van der Waals surface area contributed by atoms with Crippen molar-refractivity contribution in [1.29, 1.82) is 0 Å². The van der Waals surface area contributed by atoms with Gasteiger partial charge in [0.25, 0.3) is 0 Å². The number of nitrogens with one attached hydrogen (secondary N) is 1. The Bertz CT molecular complexity index is 782. The number of hydrogen-bond donors (Lipinski definition) is 1. The molecule has 0 bridgehead atoms. The molecule has 0 amide bonds. The summed E-state index contributed by atoms with van der Waals surface area (Å²) in [4.78, 5) is 1.77. The van der Waals surface area contributed by atoms with Gasteiger partial charge in [0.05, 0.1) is 14.2 Å². The van der Waals surface area contributed by atoms with Gasteiger partial charge in [-0.05, 0) is 42.5 Å². The fourth-order valence-corrected chi connectivity index (χ4v) is 2.55. The summed E-state index contributed by atoms with van der Waals surface area (Å²) >= 11 is 5.35. The smallest absolute Gasteiger partial charge is 0.493 e. The van der Waals surface area contributed by atoms with Crippen LogP contribution in [0.3, 0.4) is 0 Å². The largest absolute Gasteiger partial charge is 0.573 e. The summed E-state index contributed by atoms with van der Waals surface area (Å²) in [6.07, 6.45) is -4.72. The first-order valence-electron chi connectivity index (χ1n) is 7.81. The lowest BCUT2D eigenvalue weighted by Gasteiger charge is -2.23. The number of ether oxygens (including phenoxy) is 3. The zero-order chi connectivity index (χ0) is 20.0. The molecule has 0 aromatic heterocycles. The van der Waals surface area contributed by atoms with Crippen molar-refractivity contribution in [2.75, 3.05) is 26.6 Å². The second-order valence-electron chi connectivity index (χ2n) is 5.51. The molecule has 0 aliphatic heterocycles. The van der Waals surface area contributed by atoms with Crippen molar-refractivity contribution in [1.82, 2.24) is 4.90 Å². The fourth-order valence-electron chi connectivity index (χ4n) is 2.36. The maximum atomic E-state index is 12.2. The van der Waals surface area contributed by atoms with E-state index < -0.39 is 6.36 Å². The van der Waals surface area contributed by atoms with Crippen LogP contribution < -0.4 is 19.5 Å². The quantitative estimate of drug-likeness (QED) is 0.724. The van der Waals surface area contributed by atoms with Gasteiger partial charge in [0.15, 0.2) is 16.6 Å². The predicted octanol–water partition coefficient (Wildman–Crippen LogP) is 4.43. The van der Waals surface area contributed by atoms with Gasteiger partial charge >= 0.3 is 6.36 Å². The van der Waals surface area contributed by atoms with Crippen LogP contribution in [-0.4, -0.2) is 37.6 Å². The highest BCUT2D eigenvalue weighted by Crippen LogP contribution is 2.31. The molecule has 0 saturated carbocycles. The predicted molar refractivity (Wildman–Crippen MR) is 100 cm³/mol. The Labute approximate surface area is 160 Å². The summed E-state index contributed by atoms with van der Waals surface area (Å²) in [5, 5.41) is 3.36. The van der Waals surface area contributed by atoms with E-state index in [4.69, 9.17) is 21.7 Å². The Morgan fingerprint density at radius 2 is 1.74 bits per heavy atom. The average molecular weight is 400 g/mol. The standard InChI is InChI=1S/C18H19F3N2O3S/c1-23(11-12-5-4-6-15(24-2)16(12)25-3)17(27)22-13-7-9-14(10-8-13)26-18(19,20)21/h4-10H,11H2,1-3H3,(H,22,27). The van der Waals surface area contributed by atoms with Crippen molar-refractivity contribution in [2.24, 2.45) is 0 Å². The van der Waals surface area contributed by atoms with Gasteiger partial charge in [0.1, 0.15) is 5.75 Å². The van der Waals surface area contributed by atoms with E-state index in [9.17, 15) is 13.2 Å². The molecule has 27 heavy (non-hydrogen) atoms. The van der Waals surface area contributed by atoms with Crippen LogP contribution >= 0.6 is 12.2 Å². The number of hydrogen-bond acceptors (Lipinski definition) is 4. The van der Waals surface area contributed by atoms with Gasteiger partial charge in [-0.2, -0.15) is 0 Å². The van der Waals surface area contributed by atoms with E-state index in [1.165, 1.54) is 24.3 Å². The number of halogens is 3. The molecule has 2 aromatic rings. The van der Waals surface area contributed by atoms with Crippen molar-refractivity contribution in [2.45, 2.75) is 12.9 Å². The van der Waals surface area contributed by atoms with Gasteiger partial charge in [-0.3, -0.25) is 0 Å². The van der Waals surface area contributed by atoms with Crippen molar-refractivity contribution >= 4 is 23.0 Å². The van der Waals surface area contributed by atoms with Gasteiger partial charge in [0, 0.05) is 24.8 Å². The van der Waals surface area contributed by atoms with E-state index in [1.807, 2.05) is 12.1 Å². The molecule has 0 aliphatic rings. The van der Waals surface area contributed by atoms with Gasteiger partial charge in [-0.1, -0.05) is 12.1 Å². The minimum atomic E-state index is -4.72. The molecule has 0 atom stereocenters. The van der Waals surface area contributed by atoms with E-state index >= 15 is 0 Å². The molecule has 9 heteroatoms. The third-order valence-electron chi connectivity index (χ3n) is 3.58. The van der Waals surface area contributed by atoms with Crippen LogP contribution in [0.25, 0.3) is 0 Å². The monoisotopic (exact) mass is 400 g/mol. The second kappa shape index (κ2) is 8.81.